The fraction of sp³-hybridized carbons (Fsp3) is 0.600. The number of hydrogen-bond donors (Lipinski definition) is 1. The summed E-state index contributed by atoms with van der Waals surface area (Å²) < 4.78 is 5.60. The quantitative estimate of drug-likeness (QED) is 0.721. The van der Waals surface area contributed by atoms with Crippen molar-refractivity contribution in [2.45, 2.75) is 58.1 Å². The van der Waals surface area contributed by atoms with Crippen LogP contribution in [0.25, 0.3) is 0 Å². The summed E-state index contributed by atoms with van der Waals surface area (Å²) in [6, 6.07) is 6.19. The van der Waals surface area contributed by atoms with Crippen LogP contribution in [0.2, 0.25) is 0 Å². The number of hydrogen-bond acceptors (Lipinski definition) is 5. The van der Waals surface area contributed by atoms with Crippen LogP contribution in [0.15, 0.2) is 12.1 Å². The monoisotopic (exact) mass is 356 g/mol. The van der Waals surface area contributed by atoms with Crippen LogP contribution in [0.4, 0.5) is 16.2 Å². The Hall–Kier alpha value is -2.42. The fourth-order valence-electron chi connectivity index (χ4n) is 3.82. The number of carbonyl (C=O) groups is 1. The zero-order chi connectivity index (χ0) is 18.9. The Bertz CT molecular complexity index is 733. The first-order valence-corrected chi connectivity index (χ1v) is 9.35. The molecule has 140 valence electrons. The number of nitrogens with zero attached hydrogens (tertiary/aromatic N) is 3. The van der Waals surface area contributed by atoms with Gasteiger partial charge in [0.05, 0.1) is 11.6 Å². The highest BCUT2D eigenvalue weighted by atomic mass is 16.6. The number of aryl methyl sites for hydroxylation is 1. The molecule has 0 aliphatic carbocycles. The van der Waals surface area contributed by atoms with Gasteiger partial charge in [0, 0.05) is 31.0 Å². The van der Waals surface area contributed by atoms with Gasteiger partial charge >= 0.3 is 6.09 Å². The predicted molar refractivity (Wildman–Crippen MR) is 102 cm³/mol. The zero-order valence-corrected chi connectivity index (χ0v) is 15.9. The molecule has 1 saturated heterocycles. The smallest absolute Gasteiger partial charge is 0.410 e. The third-order valence-electron chi connectivity index (χ3n) is 5.06. The topological polar surface area (TPSA) is 82.6 Å². The number of amides is 1. The summed E-state index contributed by atoms with van der Waals surface area (Å²) in [7, 11) is 0. The lowest BCUT2D eigenvalue weighted by Gasteiger charge is -2.43. The van der Waals surface area contributed by atoms with Crippen LogP contribution in [0.5, 0.6) is 0 Å². The summed E-state index contributed by atoms with van der Waals surface area (Å²) in [5.74, 6) is 0. The molecule has 1 atom stereocenters. The van der Waals surface area contributed by atoms with Crippen molar-refractivity contribution in [3.8, 4) is 6.07 Å². The molecule has 2 bridgehead atoms. The normalized spacial score (nSPS) is 20.3. The molecule has 2 N–H and O–H groups in total. The molecule has 0 aromatic heterocycles. The molecule has 1 unspecified atom stereocenters. The largest absolute Gasteiger partial charge is 0.444 e. The van der Waals surface area contributed by atoms with Gasteiger partial charge in [0.1, 0.15) is 11.7 Å². The first-order valence-electron chi connectivity index (χ1n) is 9.35. The van der Waals surface area contributed by atoms with Gasteiger partial charge in [-0.2, -0.15) is 5.26 Å². The maximum absolute atomic E-state index is 12.6. The van der Waals surface area contributed by atoms with E-state index in [0.717, 1.165) is 44.5 Å². The lowest BCUT2D eigenvalue weighted by atomic mass is 10.0. The Morgan fingerprint density at radius 1 is 1.31 bits per heavy atom. The molecule has 6 heteroatoms. The van der Waals surface area contributed by atoms with Crippen molar-refractivity contribution in [1.82, 2.24) is 4.90 Å². The number of nitrogens with two attached hydrogens (primary N) is 1. The van der Waals surface area contributed by atoms with Crippen LogP contribution in [0.1, 0.15) is 51.2 Å². The molecule has 1 fully saturated rings. The standard InChI is InChI=1S/C20H28N4O2/c1-20(2,3)26-19(25)24-9-8-23-13-16(24)7-5-4-6-14-10-17(22)15(12-21)11-18(14)23/h10-11,16H,4-9,13,22H2,1-3H3. The van der Waals surface area contributed by atoms with Crippen molar-refractivity contribution in [3.63, 3.8) is 0 Å². The highest BCUT2D eigenvalue weighted by Crippen LogP contribution is 2.32. The summed E-state index contributed by atoms with van der Waals surface area (Å²) in [4.78, 5) is 16.8. The number of benzene rings is 1. The number of fused-ring (bicyclic) bond motifs is 4. The highest BCUT2D eigenvalue weighted by molar-refractivity contribution is 5.71. The average molecular weight is 356 g/mol. The summed E-state index contributed by atoms with van der Waals surface area (Å²) in [5, 5.41) is 9.33. The predicted octanol–water partition coefficient (Wildman–Crippen LogP) is 3.29. The second-order valence-corrected chi connectivity index (χ2v) is 8.20. The molecule has 0 saturated carbocycles. The Balaban J connectivity index is 1.87. The van der Waals surface area contributed by atoms with Gasteiger partial charge < -0.3 is 20.3 Å². The van der Waals surface area contributed by atoms with Crippen LogP contribution in [-0.2, 0) is 11.2 Å². The van der Waals surface area contributed by atoms with Crippen molar-refractivity contribution in [2.24, 2.45) is 0 Å². The Kier molecular flexibility index (Phi) is 4.99. The third-order valence-corrected chi connectivity index (χ3v) is 5.06. The summed E-state index contributed by atoms with van der Waals surface area (Å²) in [6.07, 6.45) is 3.78. The number of rotatable bonds is 0. The maximum Gasteiger partial charge on any atom is 0.410 e. The molecule has 1 aromatic carbocycles. The number of carbonyl (C=O) groups excluding carboxylic acids is 1. The van der Waals surface area contributed by atoms with E-state index < -0.39 is 5.60 Å². The molecule has 2 aliphatic heterocycles. The van der Waals surface area contributed by atoms with E-state index in [1.165, 1.54) is 5.56 Å². The van der Waals surface area contributed by atoms with Crippen molar-refractivity contribution >= 4 is 17.5 Å². The lowest BCUT2D eigenvalue weighted by Crippen LogP contribution is -2.56. The summed E-state index contributed by atoms with van der Waals surface area (Å²) in [5.41, 5.74) is 8.90. The van der Waals surface area contributed by atoms with Crippen LogP contribution in [0, 0.1) is 11.3 Å². The minimum atomic E-state index is -0.488. The van der Waals surface area contributed by atoms with Gasteiger partial charge in [0.25, 0.3) is 0 Å². The molecule has 6 nitrogen and oxygen atoms in total. The minimum absolute atomic E-state index is 0.132. The van der Waals surface area contributed by atoms with Gasteiger partial charge in [-0.3, -0.25) is 0 Å². The van der Waals surface area contributed by atoms with Gasteiger partial charge in [-0.1, -0.05) is 6.42 Å². The van der Waals surface area contributed by atoms with E-state index >= 15 is 0 Å². The fourth-order valence-corrected chi connectivity index (χ4v) is 3.82. The molecule has 0 radical (unpaired) electrons. The van der Waals surface area contributed by atoms with E-state index in [1.54, 1.807) is 0 Å². The van der Waals surface area contributed by atoms with Crippen LogP contribution < -0.4 is 10.6 Å². The molecule has 0 spiro atoms. The first-order chi connectivity index (χ1) is 12.3. The van der Waals surface area contributed by atoms with Gasteiger partial charge in [-0.25, -0.2) is 4.79 Å². The molecule has 3 rings (SSSR count). The number of piperazine rings is 1. The molecular weight excluding hydrogens is 328 g/mol. The third kappa shape index (κ3) is 3.87. The van der Waals surface area contributed by atoms with Crippen LogP contribution in [-0.4, -0.2) is 42.3 Å². The van der Waals surface area contributed by atoms with Crippen molar-refractivity contribution in [3.05, 3.63) is 23.3 Å². The van der Waals surface area contributed by atoms with Crippen molar-refractivity contribution < 1.29 is 9.53 Å². The van der Waals surface area contributed by atoms with Crippen molar-refractivity contribution in [2.75, 3.05) is 30.3 Å². The summed E-state index contributed by atoms with van der Waals surface area (Å²) in [6.45, 7) is 7.82. The molecular formula is C20H28N4O2. The minimum Gasteiger partial charge on any atom is -0.444 e. The SMILES string of the molecule is CC(C)(C)OC(=O)N1CCN2CC1CCCCc1cc(N)c(C#N)cc12. The average Bonchev–Trinajstić information content (AvgIpc) is 2.62. The van der Waals surface area contributed by atoms with E-state index in [0.29, 0.717) is 17.8 Å². The zero-order valence-electron chi connectivity index (χ0n) is 15.9. The maximum atomic E-state index is 12.6. The van der Waals surface area contributed by atoms with E-state index in [1.807, 2.05) is 37.8 Å². The van der Waals surface area contributed by atoms with Gasteiger partial charge in [-0.05, 0) is 57.7 Å². The second kappa shape index (κ2) is 7.06. The lowest BCUT2D eigenvalue weighted by molar-refractivity contribution is 0.0130. The van der Waals surface area contributed by atoms with E-state index in [9.17, 15) is 10.1 Å². The molecule has 2 heterocycles. The number of ether oxygens (including phenoxy) is 1. The summed E-state index contributed by atoms with van der Waals surface area (Å²) >= 11 is 0. The highest BCUT2D eigenvalue weighted by Gasteiger charge is 2.34. The molecule has 2 aliphatic rings. The second-order valence-electron chi connectivity index (χ2n) is 8.20. The molecule has 1 aromatic rings. The van der Waals surface area contributed by atoms with Crippen LogP contribution >= 0.6 is 0 Å². The number of anilines is 2. The Morgan fingerprint density at radius 2 is 2.08 bits per heavy atom. The number of nitrogen functional groups attached to an aromatic ring is 1. The van der Waals surface area contributed by atoms with Gasteiger partial charge in [0.2, 0.25) is 0 Å². The number of nitriles is 1. The van der Waals surface area contributed by atoms with E-state index in [-0.39, 0.29) is 12.1 Å². The van der Waals surface area contributed by atoms with Crippen molar-refractivity contribution in [1.29, 1.82) is 5.26 Å². The first kappa shape index (κ1) is 18.4. The van der Waals surface area contributed by atoms with Crippen LogP contribution in [0.3, 0.4) is 0 Å². The molecule has 1 amide bonds. The van der Waals surface area contributed by atoms with E-state index in [2.05, 4.69) is 11.0 Å². The Labute approximate surface area is 155 Å². The van der Waals surface area contributed by atoms with Gasteiger partial charge in [0.15, 0.2) is 0 Å². The molecule has 26 heavy (non-hydrogen) atoms. The Morgan fingerprint density at radius 3 is 2.77 bits per heavy atom. The van der Waals surface area contributed by atoms with E-state index in [4.69, 9.17) is 10.5 Å². The van der Waals surface area contributed by atoms with Gasteiger partial charge in [-0.15, -0.1) is 0 Å².